The van der Waals surface area contributed by atoms with Crippen LogP contribution in [0.25, 0.3) is 0 Å². The predicted molar refractivity (Wildman–Crippen MR) is 108 cm³/mol. The predicted octanol–water partition coefficient (Wildman–Crippen LogP) is 2.95. The zero-order valence-electron chi connectivity index (χ0n) is 15.6. The highest BCUT2D eigenvalue weighted by Crippen LogP contribution is 2.30. The molecule has 148 valence electrons. The average Bonchev–Trinajstić information content (AvgIpc) is 3.07. The molecule has 2 saturated heterocycles. The third-order valence-electron chi connectivity index (χ3n) is 5.63. The van der Waals surface area contributed by atoms with Gasteiger partial charge in [-0.05, 0) is 61.1 Å². The molecule has 0 atom stereocenters. The molecule has 0 aromatic heterocycles. The lowest BCUT2D eigenvalue weighted by Crippen LogP contribution is -2.38. The van der Waals surface area contributed by atoms with Gasteiger partial charge in [-0.1, -0.05) is 18.2 Å². The molecule has 1 amide bonds. The van der Waals surface area contributed by atoms with Gasteiger partial charge in [0.2, 0.25) is 10.0 Å². The molecular weight excluding hydrogens is 376 g/mol. The van der Waals surface area contributed by atoms with E-state index in [2.05, 4.69) is 0 Å². The summed E-state index contributed by atoms with van der Waals surface area (Å²) in [5.74, 6) is 0.750. The fourth-order valence-corrected chi connectivity index (χ4v) is 5.62. The van der Waals surface area contributed by atoms with Crippen molar-refractivity contribution in [2.75, 3.05) is 29.7 Å². The van der Waals surface area contributed by atoms with Crippen LogP contribution in [0.5, 0.6) is 5.75 Å². The van der Waals surface area contributed by atoms with Gasteiger partial charge in [0, 0.05) is 25.2 Å². The van der Waals surface area contributed by atoms with Gasteiger partial charge in [0.15, 0.2) is 0 Å². The largest absolute Gasteiger partial charge is 0.508 e. The maximum Gasteiger partial charge on any atom is 0.253 e. The van der Waals surface area contributed by atoms with Gasteiger partial charge in [-0.15, -0.1) is 0 Å². The number of piperidine rings is 1. The van der Waals surface area contributed by atoms with E-state index in [0.717, 1.165) is 12.8 Å². The third kappa shape index (κ3) is 3.71. The average molecular weight is 401 g/mol. The van der Waals surface area contributed by atoms with Crippen LogP contribution in [0.1, 0.15) is 41.1 Å². The van der Waals surface area contributed by atoms with Crippen molar-refractivity contribution in [3.05, 3.63) is 59.7 Å². The Morgan fingerprint density at radius 2 is 1.71 bits per heavy atom. The Morgan fingerprint density at radius 1 is 1.00 bits per heavy atom. The summed E-state index contributed by atoms with van der Waals surface area (Å²) in [6.07, 6.45) is 2.36. The van der Waals surface area contributed by atoms with Crippen molar-refractivity contribution in [3.63, 3.8) is 0 Å². The van der Waals surface area contributed by atoms with Crippen LogP contribution in [-0.4, -0.2) is 49.7 Å². The van der Waals surface area contributed by atoms with Gasteiger partial charge in [0.05, 0.1) is 11.4 Å². The van der Waals surface area contributed by atoms with E-state index in [1.165, 1.54) is 9.87 Å². The van der Waals surface area contributed by atoms with Crippen molar-refractivity contribution in [3.8, 4) is 5.75 Å². The quantitative estimate of drug-likeness (QED) is 0.859. The number of hydrogen-bond donors (Lipinski definition) is 1. The number of amides is 1. The molecule has 0 spiro atoms. The summed E-state index contributed by atoms with van der Waals surface area (Å²) in [5.41, 5.74) is 2.29. The zero-order chi connectivity index (χ0) is 19.7. The van der Waals surface area contributed by atoms with E-state index in [4.69, 9.17) is 0 Å². The number of nitrogens with zero attached hydrogens (tertiary/aromatic N) is 2. The van der Waals surface area contributed by atoms with E-state index in [-0.39, 0.29) is 17.4 Å². The summed E-state index contributed by atoms with van der Waals surface area (Å²) in [6.45, 7) is 1.80. The maximum absolute atomic E-state index is 12.9. The molecule has 2 heterocycles. The minimum atomic E-state index is -3.26. The number of rotatable bonds is 3. The first-order valence-corrected chi connectivity index (χ1v) is 11.2. The van der Waals surface area contributed by atoms with E-state index >= 15 is 0 Å². The highest BCUT2D eigenvalue weighted by molar-refractivity contribution is 7.93. The Hall–Kier alpha value is -2.54. The van der Waals surface area contributed by atoms with Crippen molar-refractivity contribution in [1.82, 2.24) is 4.90 Å². The molecule has 2 aliphatic heterocycles. The second-order valence-electron chi connectivity index (χ2n) is 7.45. The lowest BCUT2D eigenvalue weighted by Gasteiger charge is -2.32. The van der Waals surface area contributed by atoms with Crippen LogP contribution < -0.4 is 4.31 Å². The van der Waals surface area contributed by atoms with Crippen molar-refractivity contribution >= 4 is 21.6 Å². The molecular formula is C21H24N2O4S. The molecule has 0 aliphatic carbocycles. The number of phenolic OH excluding ortho intramolecular Hbond substituents is 1. The van der Waals surface area contributed by atoms with Crippen molar-refractivity contribution < 1.29 is 18.3 Å². The van der Waals surface area contributed by atoms with Crippen LogP contribution >= 0.6 is 0 Å². The molecule has 1 N–H and O–H groups in total. The second kappa shape index (κ2) is 7.47. The van der Waals surface area contributed by atoms with Crippen LogP contribution in [-0.2, 0) is 10.0 Å². The van der Waals surface area contributed by atoms with Crippen LogP contribution in [0, 0.1) is 0 Å². The van der Waals surface area contributed by atoms with Crippen LogP contribution in [0.4, 0.5) is 5.69 Å². The monoisotopic (exact) mass is 400 g/mol. The molecule has 7 heteroatoms. The lowest BCUT2D eigenvalue weighted by molar-refractivity contribution is 0.0713. The van der Waals surface area contributed by atoms with Gasteiger partial charge in [0.25, 0.3) is 5.91 Å². The summed E-state index contributed by atoms with van der Waals surface area (Å²) in [4.78, 5) is 14.8. The maximum atomic E-state index is 12.9. The summed E-state index contributed by atoms with van der Waals surface area (Å²) in [5, 5.41) is 9.44. The van der Waals surface area contributed by atoms with Crippen molar-refractivity contribution in [2.45, 2.75) is 25.2 Å². The van der Waals surface area contributed by atoms with Crippen molar-refractivity contribution in [2.24, 2.45) is 0 Å². The first kappa shape index (κ1) is 18.8. The Bertz CT molecular complexity index is 964. The fraction of sp³-hybridized carbons (Fsp3) is 0.381. The molecule has 2 aliphatic rings. The minimum absolute atomic E-state index is 0.0531. The normalized spacial score (nSPS) is 19.7. The van der Waals surface area contributed by atoms with Gasteiger partial charge >= 0.3 is 0 Å². The molecule has 0 saturated carbocycles. The summed E-state index contributed by atoms with van der Waals surface area (Å²) < 4.78 is 25.7. The lowest BCUT2D eigenvalue weighted by atomic mass is 9.89. The highest BCUT2D eigenvalue weighted by atomic mass is 32.2. The minimum Gasteiger partial charge on any atom is -0.508 e. The summed E-state index contributed by atoms with van der Waals surface area (Å²) in [6, 6.07) is 14.2. The topological polar surface area (TPSA) is 77.9 Å². The number of likely N-dealkylation sites (tertiary alicyclic amines) is 1. The Balaban J connectivity index is 1.44. The van der Waals surface area contributed by atoms with E-state index in [1.54, 1.807) is 36.4 Å². The molecule has 28 heavy (non-hydrogen) atoms. The SMILES string of the molecule is O=C(c1cccc(N2CCCS2(=O)=O)c1)N1CCC(c2ccc(O)cc2)CC1. The number of sulfonamides is 1. The third-order valence-corrected chi connectivity index (χ3v) is 7.50. The van der Waals surface area contributed by atoms with Gasteiger partial charge in [-0.25, -0.2) is 8.42 Å². The first-order valence-electron chi connectivity index (χ1n) is 9.63. The second-order valence-corrected chi connectivity index (χ2v) is 9.46. The van der Waals surface area contributed by atoms with Gasteiger partial charge in [0.1, 0.15) is 5.75 Å². The molecule has 2 fully saturated rings. The first-order chi connectivity index (χ1) is 13.4. The Labute approximate surface area is 165 Å². The number of benzene rings is 2. The molecule has 6 nitrogen and oxygen atoms in total. The number of phenols is 1. The van der Waals surface area contributed by atoms with E-state index in [1.807, 2.05) is 17.0 Å². The van der Waals surface area contributed by atoms with Gasteiger partial charge in [-0.2, -0.15) is 0 Å². The number of hydrogen-bond acceptors (Lipinski definition) is 4. The molecule has 0 radical (unpaired) electrons. The number of aromatic hydroxyl groups is 1. The number of anilines is 1. The van der Waals surface area contributed by atoms with Crippen LogP contribution in [0.15, 0.2) is 48.5 Å². The molecule has 0 unspecified atom stereocenters. The molecule has 0 bridgehead atoms. The standard InChI is InChI=1S/C21H24N2O4S/c24-20-7-5-16(6-8-20)17-9-12-22(13-10-17)21(25)18-3-1-4-19(15-18)23-11-2-14-28(23,26)27/h1,3-8,15,17,24H,2,9-14H2. The number of carbonyl (C=O) groups is 1. The van der Waals surface area contributed by atoms with E-state index in [9.17, 15) is 18.3 Å². The van der Waals surface area contributed by atoms with Crippen molar-refractivity contribution in [1.29, 1.82) is 0 Å². The Kier molecular flexibility index (Phi) is 5.02. The Morgan fingerprint density at radius 3 is 2.36 bits per heavy atom. The smallest absolute Gasteiger partial charge is 0.253 e. The molecule has 2 aromatic carbocycles. The zero-order valence-corrected chi connectivity index (χ0v) is 16.4. The van der Waals surface area contributed by atoms with Crippen LogP contribution in [0.3, 0.4) is 0 Å². The van der Waals surface area contributed by atoms with Crippen LogP contribution in [0.2, 0.25) is 0 Å². The molecule has 2 aromatic rings. The highest BCUT2D eigenvalue weighted by Gasteiger charge is 2.29. The van der Waals surface area contributed by atoms with E-state index in [0.29, 0.717) is 43.2 Å². The fourth-order valence-electron chi connectivity index (χ4n) is 4.07. The van der Waals surface area contributed by atoms with E-state index < -0.39 is 10.0 Å². The van der Waals surface area contributed by atoms with Gasteiger partial charge < -0.3 is 10.0 Å². The summed E-state index contributed by atoms with van der Waals surface area (Å²) in [7, 11) is -3.26. The summed E-state index contributed by atoms with van der Waals surface area (Å²) >= 11 is 0. The molecule has 4 rings (SSSR count). The van der Waals surface area contributed by atoms with Gasteiger partial charge in [-0.3, -0.25) is 9.10 Å². The number of carbonyl (C=O) groups excluding carboxylic acids is 1.